The molecule has 8 heteroatoms. The van der Waals surface area contributed by atoms with Gasteiger partial charge in [0, 0.05) is 20.1 Å². The van der Waals surface area contributed by atoms with Gasteiger partial charge >= 0.3 is 0 Å². The van der Waals surface area contributed by atoms with Gasteiger partial charge in [0.2, 0.25) is 10.0 Å². The van der Waals surface area contributed by atoms with E-state index in [9.17, 15) is 13.0 Å². The van der Waals surface area contributed by atoms with Gasteiger partial charge in [0.25, 0.3) is 7.59 Å². The molecular weight excluding hydrogens is 297 g/mol. The zero-order valence-corrected chi connectivity index (χ0v) is 14.0. The Labute approximate surface area is 121 Å². The second kappa shape index (κ2) is 6.37. The van der Waals surface area contributed by atoms with Gasteiger partial charge in [0.15, 0.2) is 0 Å². The van der Waals surface area contributed by atoms with E-state index in [0.29, 0.717) is 13.1 Å². The SMILES string of the molecule is CCN(CC)P(N)(=O)N(C)S(=O)(=O)c1ccc(C)cc1. The fraction of sp³-hybridized carbons (Fsp3) is 0.500. The summed E-state index contributed by atoms with van der Waals surface area (Å²) in [5.74, 6) is 0. The Bertz CT molecular complexity index is 597. The number of sulfonamides is 1. The predicted molar refractivity (Wildman–Crippen MR) is 80.8 cm³/mol. The fourth-order valence-corrected chi connectivity index (χ4v) is 5.60. The first-order chi connectivity index (χ1) is 9.17. The summed E-state index contributed by atoms with van der Waals surface area (Å²) in [5, 5.41) is 0. The third-order valence-electron chi connectivity index (χ3n) is 3.21. The molecule has 0 heterocycles. The van der Waals surface area contributed by atoms with Gasteiger partial charge < -0.3 is 0 Å². The molecular formula is C12H22N3O3PS. The molecule has 1 atom stereocenters. The molecule has 1 aromatic carbocycles. The van der Waals surface area contributed by atoms with Crippen molar-refractivity contribution >= 4 is 17.6 Å². The summed E-state index contributed by atoms with van der Waals surface area (Å²) in [6.45, 7) is 6.27. The van der Waals surface area contributed by atoms with Gasteiger partial charge in [-0.25, -0.2) is 13.1 Å². The fourth-order valence-electron chi connectivity index (χ4n) is 1.82. The average Bonchev–Trinajstić information content (AvgIpc) is 2.39. The van der Waals surface area contributed by atoms with Crippen LogP contribution in [0, 0.1) is 6.92 Å². The van der Waals surface area contributed by atoms with Crippen molar-refractivity contribution < 1.29 is 13.0 Å². The summed E-state index contributed by atoms with van der Waals surface area (Å²) in [4.78, 5) is 0.0865. The van der Waals surface area contributed by atoms with E-state index < -0.39 is 17.6 Å². The van der Waals surface area contributed by atoms with E-state index in [4.69, 9.17) is 5.50 Å². The highest BCUT2D eigenvalue weighted by atomic mass is 32.2. The quantitative estimate of drug-likeness (QED) is 0.811. The van der Waals surface area contributed by atoms with Crippen LogP contribution in [-0.4, -0.2) is 37.3 Å². The zero-order chi connectivity index (χ0) is 15.6. The number of hydrogen-bond acceptors (Lipinski definition) is 3. The monoisotopic (exact) mass is 319 g/mol. The van der Waals surface area contributed by atoms with Crippen molar-refractivity contribution in [2.75, 3.05) is 20.1 Å². The molecule has 0 saturated carbocycles. The summed E-state index contributed by atoms with van der Waals surface area (Å²) < 4.78 is 39.8. The third kappa shape index (κ3) is 3.30. The smallest absolute Gasteiger partial charge is 0.270 e. The van der Waals surface area contributed by atoms with Gasteiger partial charge in [-0.05, 0) is 19.1 Å². The first-order valence-corrected chi connectivity index (χ1v) is 9.50. The number of aryl methyl sites for hydroxylation is 1. The molecule has 0 bridgehead atoms. The Kier molecular flexibility index (Phi) is 5.52. The molecule has 6 nitrogen and oxygen atoms in total. The normalized spacial score (nSPS) is 15.6. The van der Waals surface area contributed by atoms with Crippen molar-refractivity contribution in [3.63, 3.8) is 0 Å². The van der Waals surface area contributed by atoms with Crippen molar-refractivity contribution in [1.82, 2.24) is 8.75 Å². The lowest BCUT2D eigenvalue weighted by atomic mass is 10.2. The molecule has 2 N–H and O–H groups in total. The van der Waals surface area contributed by atoms with E-state index in [1.807, 2.05) is 6.92 Å². The molecule has 1 rings (SSSR count). The lowest BCUT2D eigenvalue weighted by Crippen LogP contribution is -2.37. The van der Waals surface area contributed by atoms with Crippen LogP contribution in [0.4, 0.5) is 0 Å². The molecule has 0 aromatic heterocycles. The minimum absolute atomic E-state index is 0.0865. The summed E-state index contributed by atoms with van der Waals surface area (Å²) in [6.07, 6.45) is 0. The Balaban J connectivity index is 3.21. The maximum Gasteiger partial charge on any atom is 0.294 e. The van der Waals surface area contributed by atoms with Gasteiger partial charge in [-0.1, -0.05) is 31.5 Å². The second-order valence-corrected chi connectivity index (χ2v) is 9.06. The highest BCUT2D eigenvalue weighted by molar-refractivity contribution is 7.94. The maximum atomic E-state index is 12.6. The zero-order valence-electron chi connectivity index (χ0n) is 12.3. The van der Waals surface area contributed by atoms with Crippen LogP contribution in [0.15, 0.2) is 29.2 Å². The van der Waals surface area contributed by atoms with Crippen LogP contribution in [0.1, 0.15) is 19.4 Å². The van der Waals surface area contributed by atoms with Gasteiger partial charge in [-0.2, -0.15) is 0 Å². The molecule has 0 fully saturated rings. The Morgan fingerprint density at radius 1 is 1.15 bits per heavy atom. The standard InChI is InChI=1S/C12H22N3O3PS/c1-5-15(6-2)19(13,16)14(4)20(17,18)12-9-7-11(3)8-10-12/h7-10H,5-6H2,1-4H3,(H2,13,16). The molecule has 1 aromatic rings. The number of nitrogens with zero attached hydrogens (tertiary/aromatic N) is 2. The summed E-state index contributed by atoms with van der Waals surface area (Å²) in [5.41, 5.74) is 6.76. The van der Waals surface area contributed by atoms with Gasteiger partial charge in [-0.15, -0.1) is 4.08 Å². The lowest BCUT2D eigenvalue weighted by Gasteiger charge is -2.32. The topological polar surface area (TPSA) is 83.7 Å². The maximum absolute atomic E-state index is 12.6. The van der Waals surface area contributed by atoms with E-state index in [-0.39, 0.29) is 4.90 Å². The van der Waals surface area contributed by atoms with E-state index in [0.717, 1.165) is 9.64 Å². The molecule has 1 unspecified atom stereocenters. The summed E-state index contributed by atoms with van der Waals surface area (Å²) >= 11 is 0. The largest absolute Gasteiger partial charge is 0.294 e. The molecule has 0 spiro atoms. The first-order valence-electron chi connectivity index (χ1n) is 6.38. The summed E-state index contributed by atoms with van der Waals surface area (Å²) in [7, 11) is -6.23. The average molecular weight is 319 g/mol. The third-order valence-corrected chi connectivity index (χ3v) is 8.30. The van der Waals surface area contributed by atoms with Gasteiger partial charge in [0.1, 0.15) is 0 Å². The number of hydrogen-bond donors (Lipinski definition) is 1. The number of nitrogens with two attached hydrogens (primary N) is 1. The van der Waals surface area contributed by atoms with E-state index in [2.05, 4.69) is 0 Å². The van der Waals surface area contributed by atoms with Crippen LogP contribution < -0.4 is 5.50 Å². The lowest BCUT2D eigenvalue weighted by molar-refractivity contribution is 0.411. The van der Waals surface area contributed by atoms with Crippen LogP contribution in [0.5, 0.6) is 0 Å². The Hall–Kier alpha value is -0.720. The number of benzene rings is 1. The van der Waals surface area contributed by atoms with Crippen LogP contribution >= 0.6 is 7.59 Å². The van der Waals surface area contributed by atoms with Crippen molar-refractivity contribution in [3.05, 3.63) is 29.8 Å². The van der Waals surface area contributed by atoms with E-state index in [1.54, 1.807) is 26.0 Å². The number of rotatable bonds is 6. The van der Waals surface area contributed by atoms with Crippen molar-refractivity contribution in [1.29, 1.82) is 0 Å². The van der Waals surface area contributed by atoms with Crippen LogP contribution in [-0.2, 0) is 14.6 Å². The highest BCUT2D eigenvalue weighted by Gasteiger charge is 2.37. The highest BCUT2D eigenvalue weighted by Crippen LogP contribution is 2.46. The molecule has 0 amide bonds. The molecule has 114 valence electrons. The van der Waals surface area contributed by atoms with E-state index >= 15 is 0 Å². The Morgan fingerprint density at radius 3 is 2.00 bits per heavy atom. The van der Waals surface area contributed by atoms with Crippen molar-refractivity contribution in [2.45, 2.75) is 25.7 Å². The summed E-state index contributed by atoms with van der Waals surface area (Å²) in [6, 6.07) is 6.37. The van der Waals surface area contributed by atoms with Crippen molar-refractivity contribution in [3.8, 4) is 0 Å². The predicted octanol–water partition coefficient (Wildman–Crippen LogP) is 2.02. The van der Waals surface area contributed by atoms with Crippen molar-refractivity contribution in [2.24, 2.45) is 5.50 Å². The van der Waals surface area contributed by atoms with E-state index in [1.165, 1.54) is 23.9 Å². The van der Waals surface area contributed by atoms with Crippen LogP contribution in [0.2, 0.25) is 0 Å². The first kappa shape index (κ1) is 17.3. The van der Waals surface area contributed by atoms with Gasteiger partial charge in [-0.3, -0.25) is 10.1 Å². The Morgan fingerprint density at radius 2 is 1.60 bits per heavy atom. The molecule has 0 aliphatic heterocycles. The van der Waals surface area contributed by atoms with Gasteiger partial charge in [0.05, 0.1) is 4.90 Å². The molecule has 0 saturated heterocycles. The molecule has 0 aliphatic rings. The molecule has 0 aliphatic carbocycles. The van der Waals surface area contributed by atoms with Crippen LogP contribution in [0.25, 0.3) is 0 Å². The van der Waals surface area contributed by atoms with Crippen LogP contribution in [0.3, 0.4) is 0 Å². The molecule has 20 heavy (non-hydrogen) atoms. The molecule has 0 radical (unpaired) electrons. The minimum atomic E-state index is -3.88. The second-order valence-electron chi connectivity index (χ2n) is 4.48. The minimum Gasteiger partial charge on any atom is -0.270 e.